The van der Waals surface area contributed by atoms with Crippen LogP contribution in [-0.2, 0) is 0 Å². The van der Waals surface area contributed by atoms with Gasteiger partial charge >= 0.3 is 0 Å². The average molecular weight is 466 g/mol. The minimum atomic E-state index is -0.156. The van der Waals surface area contributed by atoms with E-state index in [0.717, 1.165) is 22.2 Å². The van der Waals surface area contributed by atoms with E-state index in [1.807, 2.05) is 78.1 Å². The molecule has 0 spiro atoms. The fourth-order valence-electron chi connectivity index (χ4n) is 4.31. The van der Waals surface area contributed by atoms with Gasteiger partial charge in [0.25, 0.3) is 5.56 Å². The van der Waals surface area contributed by atoms with Gasteiger partial charge in [-0.25, -0.2) is 4.57 Å². The summed E-state index contributed by atoms with van der Waals surface area (Å²) in [4.78, 5) is 29.7. The van der Waals surface area contributed by atoms with Crippen molar-refractivity contribution in [3.8, 4) is 5.69 Å². The number of carbonyl (C=O) groups excluding carboxylic acids is 1. The third kappa shape index (κ3) is 3.14. The second kappa shape index (κ2) is 8.00. The van der Waals surface area contributed by atoms with E-state index in [4.69, 9.17) is 0 Å². The lowest BCUT2D eigenvalue weighted by Crippen LogP contribution is -2.22. The molecule has 3 heterocycles. The van der Waals surface area contributed by atoms with Gasteiger partial charge in [-0.1, -0.05) is 60.3 Å². The zero-order valence-corrected chi connectivity index (χ0v) is 19.0. The fraction of sp³-hybridized carbons (Fsp3) is 0.0769. The Labute approximate surface area is 198 Å². The second-order valence-corrected chi connectivity index (χ2v) is 8.96. The Balaban J connectivity index is 1.47. The third-order valence-electron chi connectivity index (χ3n) is 5.97. The number of nitrogens with zero attached hydrogens (tertiary/aromatic N) is 4. The van der Waals surface area contributed by atoms with Gasteiger partial charge in [0.15, 0.2) is 10.9 Å². The van der Waals surface area contributed by atoms with Crippen LogP contribution >= 0.6 is 11.8 Å². The highest BCUT2D eigenvalue weighted by molar-refractivity contribution is 7.99. The van der Waals surface area contributed by atoms with Crippen LogP contribution in [-0.4, -0.2) is 35.7 Å². The standard InChI is InChI=1S/C26H19N5O2S/c1-16-8-2-6-12-21(16)30-24(33)18-10-4-7-13-22(18)31-25(30)28-29-26(31)34-15-23(32)19-14-27-20-11-5-3-9-17(19)20/h2-14,27H,15H2,1H3. The summed E-state index contributed by atoms with van der Waals surface area (Å²) in [5, 5.41) is 10.8. The number of H-pyrrole nitrogens is 1. The molecule has 0 aliphatic rings. The lowest BCUT2D eigenvalue weighted by Gasteiger charge is -2.13. The zero-order valence-electron chi connectivity index (χ0n) is 18.2. The topological polar surface area (TPSA) is 85.0 Å². The van der Waals surface area contributed by atoms with Crippen LogP contribution < -0.4 is 5.56 Å². The average Bonchev–Trinajstić information content (AvgIpc) is 3.48. The molecule has 34 heavy (non-hydrogen) atoms. The molecule has 0 aliphatic heterocycles. The number of benzene rings is 3. The van der Waals surface area contributed by atoms with Gasteiger partial charge in [-0.05, 0) is 36.8 Å². The normalized spacial score (nSPS) is 11.6. The summed E-state index contributed by atoms with van der Waals surface area (Å²) in [6.07, 6.45) is 1.75. The van der Waals surface area contributed by atoms with E-state index < -0.39 is 0 Å². The highest BCUT2D eigenvalue weighted by Gasteiger charge is 2.20. The summed E-state index contributed by atoms with van der Waals surface area (Å²) in [5.41, 5.74) is 3.83. The molecule has 1 N–H and O–H groups in total. The van der Waals surface area contributed by atoms with Crippen molar-refractivity contribution in [2.24, 2.45) is 0 Å². The number of aromatic nitrogens is 5. The molecule has 7 nitrogen and oxygen atoms in total. The maximum Gasteiger partial charge on any atom is 0.267 e. The van der Waals surface area contributed by atoms with Gasteiger partial charge in [0, 0.05) is 22.7 Å². The number of carbonyl (C=O) groups is 1. The number of aryl methyl sites for hydroxylation is 1. The predicted octanol–water partition coefficient (Wildman–Crippen LogP) is 4.80. The van der Waals surface area contributed by atoms with E-state index >= 15 is 0 Å². The number of nitrogens with one attached hydrogen (secondary N) is 1. The molecule has 3 aromatic carbocycles. The maximum atomic E-state index is 13.5. The number of Topliss-reactive ketones (excluding diaryl/α,β-unsaturated/α-hetero) is 1. The lowest BCUT2D eigenvalue weighted by molar-refractivity contribution is 0.102. The van der Waals surface area contributed by atoms with Crippen molar-refractivity contribution in [1.29, 1.82) is 0 Å². The van der Waals surface area contributed by atoms with Gasteiger partial charge in [0.2, 0.25) is 5.78 Å². The molecule has 0 saturated carbocycles. The summed E-state index contributed by atoms with van der Waals surface area (Å²) in [5.74, 6) is 0.608. The number of fused-ring (bicyclic) bond motifs is 4. The first kappa shape index (κ1) is 20.4. The molecule has 0 bridgehead atoms. The van der Waals surface area contributed by atoms with E-state index in [0.29, 0.717) is 27.4 Å². The largest absolute Gasteiger partial charge is 0.360 e. The van der Waals surface area contributed by atoms with Crippen molar-refractivity contribution in [2.75, 3.05) is 5.75 Å². The van der Waals surface area contributed by atoms with Crippen LogP contribution in [0.15, 0.2) is 88.9 Å². The minimum Gasteiger partial charge on any atom is -0.360 e. The van der Waals surface area contributed by atoms with Crippen molar-refractivity contribution in [2.45, 2.75) is 12.1 Å². The molecule has 0 radical (unpaired) electrons. The number of rotatable bonds is 5. The monoisotopic (exact) mass is 465 g/mol. The number of aromatic amines is 1. The highest BCUT2D eigenvalue weighted by atomic mass is 32.2. The van der Waals surface area contributed by atoms with Crippen LogP contribution in [0.3, 0.4) is 0 Å². The SMILES string of the molecule is Cc1ccccc1-n1c(=O)c2ccccc2n2c(SCC(=O)c3c[nH]c4ccccc34)nnc12. The molecule has 0 aliphatic carbocycles. The molecular formula is C26H19N5O2S. The van der Waals surface area contributed by atoms with Crippen LogP contribution in [0.2, 0.25) is 0 Å². The van der Waals surface area contributed by atoms with E-state index in [9.17, 15) is 9.59 Å². The third-order valence-corrected chi connectivity index (χ3v) is 6.90. The number of thioether (sulfide) groups is 1. The second-order valence-electron chi connectivity index (χ2n) is 8.02. The first-order valence-electron chi connectivity index (χ1n) is 10.8. The van der Waals surface area contributed by atoms with Gasteiger partial charge in [-0.3, -0.25) is 14.0 Å². The van der Waals surface area contributed by atoms with Crippen LogP contribution in [0.25, 0.3) is 33.3 Å². The summed E-state index contributed by atoms with van der Waals surface area (Å²) < 4.78 is 3.45. The Kier molecular flexibility index (Phi) is 4.81. The first-order valence-corrected chi connectivity index (χ1v) is 11.8. The van der Waals surface area contributed by atoms with Gasteiger partial charge in [0.05, 0.1) is 22.3 Å². The predicted molar refractivity (Wildman–Crippen MR) is 134 cm³/mol. The Morgan fingerprint density at radius 2 is 1.68 bits per heavy atom. The first-order chi connectivity index (χ1) is 16.6. The van der Waals surface area contributed by atoms with Crippen LogP contribution in [0.5, 0.6) is 0 Å². The molecule has 6 aromatic rings. The molecule has 166 valence electrons. The molecule has 0 amide bonds. The van der Waals surface area contributed by atoms with Crippen molar-refractivity contribution < 1.29 is 4.79 Å². The van der Waals surface area contributed by atoms with Gasteiger partial charge in [0.1, 0.15) is 0 Å². The van der Waals surface area contributed by atoms with Crippen molar-refractivity contribution in [1.82, 2.24) is 24.1 Å². The minimum absolute atomic E-state index is 0.00395. The highest BCUT2D eigenvalue weighted by Crippen LogP contribution is 2.26. The Morgan fingerprint density at radius 1 is 0.941 bits per heavy atom. The molecule has 0 fully saturated rings. The zero-order chi connectivity index (χ0) is 23.2. The Bertz CT molecular complexity index is 1780. The van der Waals surface area contributed by atoms with Crippen molar-refractivity contribution in [3.63, 3.8) is 0 Å². The Hall–Kier alpha value is -4.17. The fourth-order valence-corrected chi connectivity index (χ4v) is 5.14. The summed E-state index contributed by atoms with van der Waals surface area (Å²) in [6, 6.07) is 22.8. The summed E-state index contributed by atoms with van der Waals surface area (Å²) in [6.45, 7) is 1.96. The summed E-state index contributed by atoms with van der Waals surface area (Å²) in [7, 11) is 0. The van der Waals surface area contributed by atoms with Crippen LogP contribution in [0.1, 0.15) is 15.9 Å². The van der Waals surface area contributed by atoms with E-state index in [-0.39, 0.29) is 17.1 Å². The molecule has 0 unspecified atom stereocenters. The molecule has 0 atom stereocenters. The number of para-hydroxylation sites is 3. The number of hydrogen-bond acceptors (Lipinski definition) is 5. The molecular weight excluding hydrogens is 446 g/mol. The molecule has 6 rings (SSSR count). The quantitative estimate of drug-likeness (QED) is 0.292. The maximum absolute atomic E-state index is 13.5. The molecule has 8 heteroatoms. The Morgan fingerprint density at radius 3 is 2.53 bits per heavy atom. The van der Waals surface area contributed by atoms with Crippen molar-refractivity contribution >= 4 is 45.1 Å². The number of hydrogen-bond donors (Lipinski definition) is 1. The van der Waals surface area contributed by atoms with Crippen molar-refractivity contribution in [3.05, 3.63) is 100 Å². The number of ketones is 1. The summed E-state index contributed by atoms with van der Waals surface area (Å²) >= 11 is 1.31. The molecule has 0 saturated heterocycles. The van der Waals surface area contributed by atoms with E-state index in [2.05, 4.69) is 15.2 Å². The van der Waals surface area contributed by atoms with E-state index in [1.54, 1.807) is 16.8 Å². The van der Waals surface area contributed by atoms with Crippen LogP contribution in [0.4, 0.5) is 0 Å². The van der Waals surface area contributed by atoms with Crippen LogP contribution in [0, 0.1) is 6.92 Å². The smallest absolute Gasteiger partial charge is 0.267 e. The van der Waals surface area contributed by atoms with Gasteiger partial charge in [-0.2, -0.15) is 0 Å². The molecule has 3 aromatic heterocycles. The van der Waals surface area contributed by atoms with Gasteiger partial charge < -0.3 is 4.98 Å². The lowest BCUT2D eigenvalue weighted by atomic mass is 10.1. The van der Waals surface area contributed by atoms with E-state index in [1.165, 1.54) is 11.8 Å². The van der Waals surface area contributed by atoms with Gasteiger partial charge in [-0.15, -0.1) is 10.2 Å².